The molecule has 5 aliphatic rings. The maximum Gasteiger partial charge on any atom is 0.420 e. The first-order valence-electron chi connectivity index (χ1n) is 15.2. The minimum Gasteiger partial charge on any atom is -0.377 e. The highest BCUT2D eigenvalue weighted by Gasteiger charge is 2.40. The maximum absolute atomic E-state index is 14.2. The average molecular weight is 643 g/mol. The topological polar surface area (TPSA) is 73.8 Å². The lowest BCUT2D eigenvalue weighted by Gasteiger charge is -2.40. The molecule has 4 fully saturated rings. The summed E-state index contributed by atoms with van der Waals surface area (Å²) in [6.07, 6.45) is 0.837. The zero-order valence-corrected chi connectivity index (χ0v) is 25.9. The van der Waals surface area contributed by atoms with Crippen LogP contribution in [0.3, 0.4) is 0 Å². The van der Waals surface area contributed by atoms with Crippen LogP contribution in [0.4, 0.5) is 30.5 Å². The fraction of sp³-hybridized carbons (Fsp3) is 0.516. The van der Waals surface area contributed by atoms with E-state index < -0.39 is 11.7 Å². The molecule has 3 aromatic rings. The normalized spacial score (nSPS) is 24.3. The van der Waals surface area contributed by atoms with E-state index in [9.17, 15) is 18.0 Å². The zero-order chi connectivity index (χ0) is 30.2. The molecule has 1 amide bonds. The molecule has 3 saturated heterocycles. The predicted octanol–water partition coefficient (Wildman–Crippen LogP) is 6.07. The second kappa shape index (κ2) is 10.9. The summed E-state index contributed by atoms with van der Waals surface area (Å²) < 4.78 is 48.0. The van der Waals surface area contributed by atoms with E-state index in [2.05, 4.69) is 44.3 Å². The third-order valence-electron chi connectivity index (χ3n) is 9.64. The lowest BCUT2D eigenvalue weighted by molar-refractivity contribution is -0.137. The van der Waals surface area contributed by atoms with Gasteiger partial charge >= 0.3 is 6.18 Å². The summed E-state index contributed by atoms with van der Waals surface area (Å²) in [6, 6.07) is 9.20. The number of anilines is 3. The monoisotopic (exact) mass is 642 g/mol. The SMILES string of the molecule is CN1C2CCC1CN(c1ccc(Nc3ncc(C(F)(F)F)c(-c4cc5c(s4)C(=O)N(C4COC4)CCS5)n3)c(C3CC3)c1)C2. The van der Waals surface area contributed by atoms with Gasteiger partial charge in [-0.3, -0.25) is 9.69 Å². The molecule has 1 N–H and O–H groups in total. The average Bonchev–Trinajstić information content (AvgIpc) is 3.72. The quantitative estimate of drug-likeness (QED) is 0.347. The predicted molar refractivity (Wildman–Crippen MR) is 165 cm³/mol. The minimum absolute atomic E-state index is 0.0126. The Kier molecular flexibility index (Phi) is 7.07. The summed E-state index contributed by atoms with van der Waals surface area (Å²) in [6.45, 7) is 3.58. The minimum atomic E-state index is -4.65. The van der Waals surface area contributed by atoms with Crippen LogP contribution in [-0.2, 0) is 10.9 Å². The number of benzene rings is 1. The number of ether oxygens (including phenoxy) is 1. The molecular formula is C31H33F3N6O2S2. The van der Waals surface area contributed by atoms with Crippen LogP contribution in [0, 0.1) is 0 Å². The van der Waals surface area contributed by atoms with Gasteiger partial charge in [0.15, 0.2) is 0 Å². The van der Waals surface area contributed by atoms with Crippen molar-refractivity contribution in [1.29, 1.82) is 0 Å². The van der Waals surface area contributed by atoms with Crippen LogP contribution in [0.5, 0.6) is 0 Å². The third-order valence-corrected chi connectivity index (χ3v) is 11.9. The van der Waals surface area contributed by atoms with Gasteiger partial charge in [0.25, 0.3) is 5.91 Å². The molecule has 6 heterocycles. The van der Waals surface area contributed by atoms with E-state index in [1.54, 1.807) is 11.0 Å². The Morgan fingerprint density at radius 3 is 2.50 bits per heavy atom. The highest BCUT2D eigenvalue weighted by molar-refractivity contribution is 7.99. The van der Waals surface area contributed by atoms with Crippen molar-refractivity contribution in [3.63, 3.8) is 0 Å². The molecule has 1 aromatic carbocycles. The van der Waals surface area contributed by atoms with Gasteiger partial charge in [0.2, 0.25) is 5.95 Å². The van der Waals surface area contributed by atoms with E-state index in [4.69, 9.17) is 4.74 Å². The van der Waals surface area contributed by atoms with E-state index in [1.165, 1.54) is 30.3 Å². The molecule has 2 unspecified atom stereocenters. The molecule has 1 saturated carbocycles. The molecular weight excluding hydrogens is 610 g/mol. The van der Waals surface area contributed by atoms with E-state index in [1.807, 2.05) is 6.07 Å². The van der Waals surface area contributed by atoms with Gasteiger partial charge in [-0.1, -0.05) is 0 Å². The van der Waals surface area contributed by atoms with E-state index in [0.717, 1.165) is 54.7 Å². The Labute approximate surface area is 262 Å². The Morgan fingerprint density at radius 1 is 1.05 bits per heavy atom. The number of rotatable bonds is 6. The number of nitrogens with one attached hydrogen (secondary N) is 1. The number of hydrogen-bond acceptors (Lipinski definition) is 9. The number of halogens is 3. The number of nitrogens with zero attached hydrogens (tertiary/aromatic N) is 5. The third kappa shape index (κ3) is 5.15. The summed E-state index contributed by atoms with van der Waals surface area (Å²) in [4.78, 5) is 30.2. The zero-order valence-electron chi connectivity index (χ0n) is 24.3. The van der Waals surface area contributed by atoms with Gasteiger partial charge in [0.05, 0.1) is 29.8 Å². The molecule has 2 bridgehead atoms. The van der Waals surface area contributed by atoms with E-state index >= 15 is 0 Å². The summed E-state index contributed by atoms with van der Waals surface area (Å²) >= 11 is 2.57. The molecule has 44 heavy (non-hydrogen) atoms. The fourth-order valence-corrected chi connectivity index (χ4v) is 9.18. The van der Waals surface area contributed by atoms with Gasteiger partial charge in [0, 0.05) is 59.9 Å². The number of fused-ring (bicyclic) bond motifs is 3. The number of alkyl halides is 3. The van der Waals surface area contributed by atoms with Crippen molar-refractivity contribution in [2.45, 2.75) is 60.8 Å². The molecule has 13 heteroatoms. The Hall–Kier alpha value is -2.87. The summed E-state index contributed by atoms with van der Waals surface area (Å²) in [5.41, 5.74) is 2.05. The van der Waals surface area contributed by atoms with Gasteiger partial charge in [-0.25, -0.2) is 9.97 Å². The Balaban J connectivity index is 1.11. The van der Waals surface area contributed by atoms with Crippen LogP contribution in [0.2, 0.25) is 0 Å². The number of thiophene rings is 1. The molecule has 0 spiro atoms. The number of thioether (sulfide) groups is 1. The Morgan fingerprint density at radius 2 is 1.82 bits per heavy atom. The molecule has 2 atom stereocenters. The molecule has 232 valence electrons. The van der Waals surface area contributed by atoms with Gasteiger partial charge < -0.3 is 19.9 Å². The summed E-state index contributed by atoms with van der Waals surface area (Å²) in [7, 11) is 2.23. The van der Waals surface area contributed by atoms with Crippen molar-refractivity contribution in [2.75, 3.05) is 55.9 Å². The molecule has 8 rings (SSSR count). The molecule has 2 aromatic heterocycles. The largest absolute Gasteiger partial charge is 0.420 e. The van der Waals surface area contributed by atoms with Crippen LogP contribution in [0.1, 0.15) is 52.4 Å². The van der Waals surface area contributed by atoms with Crippen LogP contribution >= 0.6 is 23.1 Å². The molecule has 0 radical (unpaired) electrons. The van der Waals surface area contributed by atoms with Gasteiger partial charge in [-0.05, 0) is 68.5 Å². The second-order valence-electron chi connectivity index (χ2n) is 12.4. The number of hydrogen-bond donors (Lipinski definition) is 1. The number of amides is 1. The maximum atomic E-state index is 14.2. The van der Waals surface area contributed by atoms with E-state index in [-0.39, 0.29) is 23.6 Å². The number of carbonyl (C=O) groups is 1. The number of likely N-dealkylation sites (N-methyl/N-ethyl adjacent to an activating group) is 1. The lowest BCUT2D eigenvalue weighted by Crippen LogP contribution is -2.52. The van der Waals surface area contributed by atoms with Gasteiger partial charge in [-0.15, -0.1) is 23.1 Å². The number of piperazine rings is 1. The first-order chi connectivity index (χ1) is 21.2. The van der Waals surface area contributed by atoms with Crippen molar-refractivity contribution < 1.29 is 22.7 Å². The van der Waals surface area contributed by atoms with Crippen LogP contribution < -0.4 is 10.2 Å². The van der Waals surface area contributed by atoms with E-state index in [0.29, 0.717) is 58.2 Å². The standard InChI is InChI=1S/C31H33F3N6O2S2/c1-38-19-4-5-20(38)14-39(13-19)18-6-7-24(22(10-18)17-2-3-17)36-30-35-12-23(31(32,33)34)27(37-30)25-11-26-28(44-25)29(41)40(8-9-43-26)21-15-42-16-21/h6-7,10-12,17,19-21H,2-5,8-9,13-16H2,1H3,(H,35,36,37). The molecule has 1 aliphatic carbocycles. The van der Waals surface area contributed by atoms with Crippen LogP contribution in [0.15, 0.2) is 35.4 Å². The summed E-state index contributed by atoms with van der Waals surface area (Å²) in [5.74, 6) is 1.04. The van der Waals surface area contributed by atoms with Crippen LogP contribution in [0.25, 0.3) is 10.6 Å². The second-order valence-corrected chi connectivity index (χ2v) is 14.6. The number of aromatic nitrogens is 2. The highest BCUT2D eigenvalue weighted by Crippen LogP contribution is 2.47. The van der Waals surface area contributed by atoms with Crippen molar-refractivity contribution in [1.82, 2.24) is 19.8 Å². The summed E-state index contributed by atoms with van der Waals surface area (Å²) in [5, 5.41) is 3.26. The number of carbonyl (C=O) groups excluding carboxylic acids is 1. The van der Waals surface area contributed by atoms with Crippen molar-refractivity contribution in [3.8, 4) is 10.6 Å². The Bertz CT molecular complexity index is 1590. The molecule has 4 aliphatic heterocycles. The molecule has 8 nitrogen and oxygen atoms in total. The first kappa shape index (κ1) is 28.6. The van der Waals surface area contributed by atoms with Crippen molar-refractivity contribution >= 4 is 46.3 Å². The smallest absolute Gasteiger partial charge is 0.377 e. The van der Waals surface area contributed by atoms with Crippen LogP contribution in [-0.4, -0.2) is 89.4 Å². The van der Waals surface area contributed by atoms with Crippen molar-refractivity contribution in [2.24, 2.45) is 0 Å². The highest BCUT2D eigenvalue weighted by atomic mass is 32.2. The van der Waals surface area contributed by atoms with Crippen molar-refractivity contribution in [3.05, 3.63) is 46.5 Å². The van der Waals surface area contributed by atoms with Gasteiger partial charge in [0.1, 0.15) is 10.4 Å². The fourth-order valence-electron chi connectivity index (χ4n) is 6.86. The van der Waals surface area contributed by atoms with Gasteiger partial charge in [-0.2, -0.15) is 13.2 Å². The first-order valence-corrected chi connectivity index (χ1v) is 17.0. The lowest BCUT2D eigenvalue weighted by atomic mass is 10.1.